The van der Waals surface area contributed by atoms with Crippen molar-refractivity contribution >= 4 is 5.91 Å². The molecule has 1 N–H and O–H groups in total. The number of pyridine rings is 1. The van der Waals surface area contributed by atoms with Crippen molar-refractivity contribution in [2.45, 2.75) is 32.4 Å². The van der Waals surface area contributed by atoms with Gasteiger partial charge in [-0.3, -0.25) is 9.69 Å². The summed E-state index contributed by atoms with van der Waals surface area (Å²) in [5.41, 5.74) is 1.15. The summed E-state index contributed by atoms with van der Waals surface area (Å²) in [5, 5.41) is 3.02. The summed E-state index contributed by atoms with van der Waals surface area (Å²) >= 11 is 0. The van der Waals surface area contributed by atoms with Crippen molar-refractivity contribution in [2.75, 3.05) is 19.7 Å². The molecule has 6 nitrogen and oxygen atoms in total. The molecule has 0 aromatic carbocycles. The van der Waals surface area contributed by atoms with Crippen molar-refractivity contribution in [1.82, 2.24) is 15.2 Å². The van der Waals surface area contributed by atoms with Gasteiger partial charge in [0.15, 0.2) is 5.76 Å². The third-order valence-corrected chi connectivity index (χ3v) is 4.01. The number of aromatic nitrogens is 1. The molecule has 2 aromatic heterocycles. The Hall–Kier alpha value is -2.34. The summed E-state index contributed by atoms with van der Waals surface area (Å²) in [7, 11) is 0. The van der Waals surface area contributed by atoms with Crippen LogP contribution in [0.1, 0.15) is 35.9 Å². The van der Waals surface area contributed by atoms with Gasteiger partial charge < -0.3 is 14.5 Å². The van der Waals surface area contributed by atoms with Gasteiger partial charge in [0, 0.05) is 37.9 Å². The number of hydrogen-bond donors (Lipinski definition) is 1. The molecule has 0 spiro atoms. The Kier molecular flexibility index (Phi) is 5.48. The van der Waals surface area contributed by atoms with Crippen LogP contribution in [0.15, 0.2) is 41.1 Å². The maximum atomic E-state index is 12.0. The average Bonchev–Trinajstić information content (AvgIpc) is 3.26. The molecule has 0 aliphatic carbocycles. The van der Waals surface area contributed by atoms with E-state index in [4.69, 9.17) is 9.15 Å². The summed E-state index contributed by atoms with van der Waals surface area (Å²) in [5.74, 6) is 0.886. The van der Waals surface area contributed by atoms with Gasteiger partial charge in [0.1, 0.15) is 0 Å². The van der Waals surface area contributed by atoms with Crippen molar-refractivity contribution in [1.29, 1.82) is 0 Å². The van der Waals surface area contributed by atoms with E-state index < -0.39 is 0 Å². The Bertz CT molecular complexity index is 640. The summed E-state index contributed by atoms with van der Waals surface area (Å²) in [6.45, 7) is 5.38. The minimum Gasteiger partial charge on any atom is -0.478 e. The van der Waals surface area contributed by atoms with Gasteiger partial charge >= 0.3 is 0 Å². The van der Waals surface area contributed by atoms with Crippen LogP contribution < -0.4 is 10.1 Å². The van der Waals surface area contributed by atoms with Crippen molar-refractivity contribution in [3.8, 4) is 5.88 Å². The van der Waals surface area contributed by atoms with Gasteiger partial charge in [0.2, 0.25) is 5.88 Å². The summed E-state index contributed by atoms with van der Waals surface area (Å²) in [4.78, 5) is 18.6. The first-order chi connectivity index (χ1) is 11.7. The number of ether oxygens (including phenoxy) is 1. The lowest BCUT2D eigenvalue weighted by atomic mass is 10.2. The first-order valence-corrected chi connectivity index (χ1v) is 8.39. The Balaban J connectivity index is 1.46. The van der Waals surface area contributed by atoms with Crippen LogP contribution in [-0.4, -0.2) is 41.5 Å². The van der Waals surface area contributed by atoms with Gasteiger partial charge in [-0.05, 0) is 30.5 Å². The lowest BCUT2D eigenvalue weighted by Gasteiger charge is -2.16. The van der Waals surface area contributed by atoms with Crippen LogP contribution in [0.25, 0.3) is 0 Å². The molecule has 0 bridgehead atoms. The molecule has 1 aliphatic heterocycles. The first kappa shape index (κ1) is 16.5. The zero-order chi connectivity index (χ0) is 16.8. The standard InChI is InChI=1S/C18H23N3O3/c1-2-9-24-17-6-5-14(11-19-17)12-21-8-7-15(13-21)20-18(22)16-4-3-10-23-16/h3-6,10-11,15H,2,7-9,12-13H2,1H3,(H,20,22)/t15-/m1/s1. The van der Waals surface area contributed by atoms with Gasteiger partial charge in [-0.25, -0.2) is 4.98 Å². The van der Waals surface area contributed by atoms with Crippen LogP contribution in [0.4, 0.5) is 0 Å². The SMILES string of the molecule is CCCOc1ccc(CN2CC[C@@H](NC(=O)c3ccco3)C2)cn1. The average molecular weight is 329 g/mol. The number of nitrogens with one attached hydrogen (secondary N) is 1. The molecule has 3 heterocycles. The number of carbonyl (C=O) groups is 1. The molecule has 0 saturated carbocycles. The molecule has 1 saturated heterocycles. The molecule has 0 radical (unpaired) electrons. The second-order valence-corrected chi connectivity index (χ2v) is 6.02. The normalized spacial score (nSPS) is 17.8. The van der Waals surface area contributed by atoms with E-state index in [2.05, 4.69) is 22.1 Å². The van der Waals surface area contributed by atoms with Gasteiger partial charge in [-0.1, -0.05) is 13.0 Å². The molecular formula is C18H23N3O3. The Morgan fingerprint density at radius 2 is 2.38 bits per heavy atom. The number of amides is 1. The fraction of sp³-hybridized carbons (Fsp3) is 0.444. The minimum atomic E-state index is -0.147. The maximum Gasteiger partial charge on any atom is 0.287 e. The second-order valence-electron chi connectivity index (χ2n) is 6.02. The van der Waals surface area contributed by atoms with Crippen molar-refractivity contribution in [3.63, 3.8) is 0 Å². The lowest BCUT2D eigenvalue weighted by Crippen LogP contribution is -2.36. The third kappa shape index (κ3) is 4.35. The van der Waals surface area contributed by atoms with Crippen molar-refractivity contribution in [2.24, 2.45) is 0 Å². The van der Waals surface area contributed by atoms with E-state index >= 15 is 0 Å². The molecule has 1 atom stereocenters. The van der Waals surface area contributed by atoms with E-state index in [1.807, 2.05) is 18.3 Å². The largest absolute Gasteiger partial charge is 0.478 e. The topological polar surface area (TPSA) is 67.6 Å². The smallest absolute Gasteiger partial charge is 0.287 e. The number of nitrogens with zero attached hydrogens (tertiary/aromatic N) is 2. The van der Waals surface area contributed by atoms with Crippen LogP contribution in [0.5, 0.6) is 5.88 Å². The first-order valence-electron chi connectivity index (χ1n) is 8.39. The van der Waals surface area contributed by atoms with Crippen molar-refractivity contribution < 1.29 is 13.9 Å². The highest BCUT2D eigenvalue weighted by Gasteiger charge is 2.24. The highest BCUT2D eigenvalue weighted by atomic mass is 16.5. The fourth-order valence-corrected chi connectivity index (χ4v) is 2.81. The van der Waals surface area contributed by atoms with E-state index in [0.717, 1.165) is 38.0 Å². The van der Waals surface area contributed by atoms with Gasteiger partial charge in [-0.2, -0.15) is 0 Å². The third-order valence-electron chi connectivity index (χ3n) is 4.01. The van der Waals surface area contributed by atoms with Crippen LogP contribution >= 0.6 is 0 Å². The molecule has 1 aliphatic rings. The Morgan fingerprint density at radius 1 is 1.46 bits per heavy atom. The van der Waals surface area contributed by atoms with Crippen molar-refractivity contribution in [3.05, 3.63) is 48.0 Å². The monoisotopic (exact) mass is 329 g/mol. The van der Waals surface area contributed by atoms with Gasteiger partial charge in [-0.15, -0.1) is 0 Å². The second kappa shape index (κ2) is 7.97. The predicted molar refractivity (Wildman–Crippen MR) is 89.9 cm³/mol. The molecule has 2 aromatic rings. The van der Waals surface area contributed by atoms with Crippen LogP contribution in [0, 0.1) is 0 Å². The minimum absolute atomic E-state index is 0.147. The molecule has 1 amide bonds. The molecule has 128 valence electrons. The molecule has 0 unspecified atom stereocenters. The number of hydrogen-bond acceptors (Lipinski definition) is 5. The molecule has 24 heavy (non-hydrogen) atoms. The Morgan fingerprint density at radius 3 is 3.08 bits per heavy atom. The number of rotatable bonds is 7. The van der Waals surface area contributed by atoms with Crippen LogP contribution in [0.3, 0.4) is 0 Å². The highest BCUT2D eigenvalue weighted by molar-refractivity contribution is 5.91. The van der Waals surface area contributed by atoms with Gasteiger partial charge in [0.25, 0.3) is 5.91 Å². The lowest BCUT2D eigenvalue weighted by molar-refractivity contribution is 0.0909. The fourth-order valence-electron chi connectivity index (χ4n) is 2.81. The van der Waals surface area contributed by atoms with Crippen LogP contribution in [-0.2, 0) is 6.54 Å². The van der Waals surface area contributed by atoms with E-state index in [-0.39, 0.29) is 11.9 Å². The summed E-state index contributed by atoms with van der Waals surface area (Å²) in [6.07, 6.45) is 5.29. The molecule has 6 heteroatoms. The van der Waals surface area contributed by atoms with E-state index in [9.17, 15) is 4.79 Å². The molecule has 1 fully saturated rings. The molecule has 3 rings (SSSR count). The van der Waals surface area contributed by atoms with Gasteiger partial charge in [0.05, 0.1) is 12.9 Å². The zero-order valence-corrected chi connectivity index (χ0v) is 13.9. The van der Waals surface area contributed by atoms with E-state index in [1.165, 1.54) is 6.26 Å². The molecular weight excluding hydrogens is 306 g/mol. The summed E-state index contributed by atoms with van der Waals surface area (Å²) < 4.78 is 10.6. The highest BCUT2D eigenvalue weighted by Crippen LogP contribution is 2.15. The number of carbonyl (C=O) groups excluding carboxylic acids is 1. The number of likely N-dealkylation sites (tertiary alicyclic amines) is 1. The van der Waals surface area contributed by atoms with E-state index in [1.54, 1.807) is 12.1 Å². The quantitative estimate of drug-likeness (QED) is 0.845. The summed E-state index contributed by atoms with van der Waals surface area (Å²) in [6, 6.07) is 7.51. The van der Waals surface area contributed by atoms with E-state index in [0.29, 0.717) is 18.2 Å². The maximum absolute atomic E-state index is 12.0. The predicted octanol–water partition coefficient (Wildman–Crippen LogP) is 2.47. The van der Waals surface area contributed by atoms with Crippen LogP contribution in [0.2, 0.25) is 0 Å². The zero-order valence-electron chi connectivity index (χ0n) is 13.9. The number of furan rings is 1. The Labute approximate surface area is 141 Å².